The van der Waals surface area contributed by atoms with Crippen LogP contribution in [0.15, 0.2) is 11.6 Å². The van der Waals surface area contributed by atoms with Crippen LogP contribution in [0, 0.1) is 51.8 Å². The van der Waals surface area contributed by atoms with E-state index in [1.807, 2.05) is 0 Å². The molecule has 0 bridgehead atoms. The zero-order chi connectivity index (χ0) is 21.9. The van der Waals surface area contributed by atoms with Gasteiger partial charge in [0.05, 0.1) is 6.10 Å². The summed E-state index contributed by atoms with van der Waals surface area (Å²) in [5, 5.41) is 11.3. The molecule has 0 aromatic heterocycles. The van der Waals surface area contributed by atoms with Gasteiger partial charge in [-0.2, -0.15) is 0 Å². The van der Waals surface area contributed by atoms with Gasteiger partial charge in [-0.05, 0) is 91.3 Å². The van der Waals surface area contributed by atoms with E-state index in [2.05, 4.69) is 54.5 Å². The molecule has 0 aliphatic heterocycles. The van der Waals surface area contributed by atoms with E-state index in [1.165, 1.54) is 51.4 Å². The minimum Gasteiger partial charge on any atom is -0.392 e. The molecule has 1 nitrogen and oxygen atoms in total. The first kappa shape index (κ1) is 22.9. The van der Waals surface area contributed by atoms with Gasteiger partial charge in [0.2, 0.25) is 0 Å². The number of rotatable bonds is 5. The number of aliphatic hydroxyl groups excluding tert-OH is 1. The summed E-state index contributed by atoms with van der Waals surface area (Å²) >= 11 is 0. The van der Waals surface area contributed by atoms with E-state index in [0.717, 1.165) is 42.4 Å². The summed E-state index contributed by atoms with van der Waals surface area (Å²) in [6.07, 6.45) is 15.7. The first-order chi connectivity index (χ1) is 14.0. The lowest BCUT2D eigenvalue weighted by molar-refractivity contribution is -0.106. The van der Waals surface area contributed by atoms with Crippen molar-refractivity contribution in [1.29, 1.82) is 0 Å². The van der Waals surface area contributed by atoms with Crippen molar-refractivity contribution in [3.8, 4) is 0 Å². The molecule has 1 heteroatoms. The van der Waals surface area contributed by atoms with Gasteiger partial charge < -0.3 is 5.11 Å². The van der Waals surface area contributed by atoms with Gasteiger partial charge in [-0.3, -0.25) is 0 Å². The van der Waals surface area contributed by atoms with Crippen LogP contribution in [-0.4, -0.2) is 11.2 Å². The van der Waals surface area contributed by atoms with E-state index in [0.29, 0.717) is 11.3 Å². The summed E-state index contributed by atoms with van der Waals surface area (Å²) < 4.78 is 0. The van der Waals surface area contributed by atoms with Crippen molar-refractivity contribution < 1.29 is 5.11 Å². The lowest BCUT2D eigenvalue weighted by Gasteiger charge is -2.61. The van der Waals surface area contributed by atoms with Gasteiger partial charge >= 0.3 is 0 Å². The molecule has 0 spiro atoms. The molecule has 0 amide bonds. The predicted octanol–water partition coefficient (Wildman–Crippen LogP) is 8.02. The van der Waals surface area contributed by atoms with Crippen molar-refractivity contribution in [3.63, 3.8) is 0 Å². The molecule has 0 saturated heterocycles. The summed E-state index contributed by atoms with van der Waals surface area (Å²) in [6, 6.07) is 0. The third kappa shape index (κ3) is 3.45. The standard InChI is InChI=1S/C29H50O/c1-19(2)9-8-10-20(3)22-12-13-23-21-11-14-25-27(4,5)17-16-26(30)29(25,7)24(21)15-18-28(22,23)6/h14,19-24,26,30H,8-13,15-18H2,1-7H3/t20-,21+,22-,23+,24+,26?,28-,29-/m1/s1. The van der Waals surface area contributed by atoms with Gasteiger partial charge in [0.1, 0.15) is 0 Å². The Morgan fingerprint density at radius 3 is 2.37 bits per heavy atom. The first-order valence-electron chi connectivity index (χ1n) is 13.4. The van der Waals surface area contributed by atoms with Crippen molar-refractivity contribution in [3.05, 3.63) is 11.6 Å². The fourth-order valence-corrected chi connectivity index (χ4v) is 9.42. The van der Waals surface area contributed by atoms with Gasteiger partial charge in [0.15, 0.2) is 0 Å². The minimum atomic E-state index is -0.138. The summed E-state index contributed by atoms with van der Waals surface area (Å²) in [4.78, 5) is 0. The van der Waals surface area contributed by atoms with Crippen LogP contribution >= 0.6 is 0 Å². The fraction of sp³-hybridized carbons (Fsp3) is 0.931. The van der Waals surface area contributed by atoms with Crippen LogP contribution in [0.5, 0.6) is 0 Å². The highest BCUT2D eigenvalue weighted by molar-refractivity contribution is 5.31. The molecule has 4 aliphatic rings. The zero-order valence-electron chi connectivity index (χ0n) is 21.1. The minimum absolute atomic E-state index is 0.0208. The fourth-order valence-electron chi connectivity index (χ4n) is 9.42. The van der Waals surface area contributed by atoms with E-state index < -0.39 is 0 Å². The predicted molar refractivity (Wildman–Crippen MR) is 128 cm³/mol. The zero-order valence-corrected chi connectivity index (χ0v) is 21.1. The molecule has 4 aliphatic carbocycles. The summed E-state index contributed by atoms with van der Waals surface area (Å²) in [6.45, 7) is 17.3. The van der Waals surface area contributed by atoms with Crippen LogP contribution in [0.25, 0.3) is 0 Å². The average Bonchev–Trinajstić information content (AvgIpc) is 3.02. The van der Waals surface area contributed by atoms with Crippen molar-refractivity contribution >= 4 is 0 Å². The first-order valence-corrected chi connectivity index (χ1v) is 13.4. The second-order valence-electron chi connectivity index (χ2n) is 13.5. The van der Waals surface area contributed by atoms with Crippen LogP contribution in [0.2, 0.25) is 0 Å². The Hall–Kier alpha value is -0.300. The molecule has 3 fully saturated rings. The van der Waals surface area contributed by atoms with Crippen molar-refractivity contribution in [2.45, 2.75) is 119 Å². The second-order valence-corrected chi connectivity index (χ2v) is 13.5. The second kappa shape index (κ2) is 7.93. The Morgan fingerprint density at radius 1 is 0.933 bits per heavy atom. The Balaban J connectivity index is 1.55. The summed E-state index contributed by atoms with van der Waals surface area (Å²) in [5.74, 6) is 5.01. The van der Waals surface area contributed by atoms with E-state index in [1.54, 1.807) is 5.57 Å². The third-order valence-electron chi connectivity index (χ3n) is 11.0. The molecule has 0 aromatic rings. The van der Waals surface area contributed by atoms with Crippen LogP contribution in [0.1, 0.15) is 113 Å². The smallest absolute Gasteiger partial charge is 0.0634 e. The normalized spacial score (nSPS) is 46.0. The maximum atomic E-state index is 11.3. The van der Waals surface area contributed by atoms with Crippen molar-refractivity contribution in [2.24, 2.45) is 51.8 Å². The van der Waals surface area contributed by atoms with Crippen LogP contribution in [0.3, 0.4) is 0 Å². The SMILES string of the molecule is CC(C)CCC[C@@H](C)[C@H]1CC[C@H]2[C@@H]3CC=C4C(C)(C)CCC(O)[C@]4(C)[C@H]3CC[C@]12C. The van der Waals surface area contributed by atoms with E-state index in [-0.39, 0.29) is 16.9 Å². The maximum Gasteiger partial charge on any atom is 0.0634 e. The topological polar surface area (TPSA) is 20.2 Å². The van der Waals surface area contributed by atoms with E-state index in [4.69, 9.17) is 0 Å². The highest BCUT2D eigenvalue weighted by Crippen LogP contribution is 2.68. The Morgan fingerprint density at radius 2 is 1.67 bits per heavy atom. The number of fused-ring (bicyclic) bond motifs is 5. The number of aliphatic hydroxyl groups is 1. The van der Waals surface area contributed by atoms with Gasteiger partial charge in [-0.1, -0.05) is 79.4 Å². The number of allylic oxidation sites excluding steroid dienone is 1. The molecule has 1 unspecified atom stereocenters. The average molecular weight is 415 g/mol. The highest BCUT2D eigenvalue weighted by atomic mass is 16.3. The van der Waals surface area contributed by atoms with Crippen LogP contribution < -0.4 is 0 Å². The van der Waals surface area contributed by atoms with Crippen molar-refractivity contribution in [1.82, 2.24) is 0 Å². The van der Waals surface area contributed by atoms with Crippen LogP contribution in [0.4, 0.5) is 0 Å². The molecule has 1 N–H and O–H groups in total. The molecule has 0 radical (unpaired) electrons. The van der Waals surface area contributed by atoms with Gasteiger partial charge in [0, 0.05) is 5.41 Å². The van der Waals surface area contributed by atoms with E-state index in [9.17, 15) is 5.11 Å². The van der Waals surface area contributed by atoms with Crippen LogP contribution in [-0.2, 0) is 0 Å². The molecular weight excluding hydrogens is 364 g/mol. The Bertz CT molecular complexity index is 659. The number of hydrogen-bond acceptors (Lipinski definition) is 1. The monoisotopic (exact) mass is 414 g/mol. The summed E-state index contributed by atoms with van der Waals surface area (Å²) in [7, 11) is 0. The van der Waals surface area contributed by atoms with E-state index >= 15 is 0 Å². The lowest BCUT2D eigenvalue weighted by Crippen LogP contribution is -2.56. The molecule has 30 heavy (non-hydrogen) atoms. The quantitative estimate of drug-likeness (QED) is 0.451. The van der Waals surface area contributed by atoms with Gasteiger partial charge in [-0.25, -0.2) is 0 Å². The number of hydrogen-bond donors (Lipinski definition) is 1. The molecular formula is C29H50O. The Kier molecular flexibility index (Phi) is 6.05. The molecule has 3 saturated carbocycles. The molecule has 0 heterocycles. The largest absolute Gasteiger partial charge is 0.392 e. The molecule has 8 atom stereocenters. The van der Waals surface area contributed by atoms with Crippen molar-refractivity contribution in [2.75, 3.05) is 0 Å². The summed E-state index contributed by atoms with van der Waals surface area (Å²) in [5.41, 5.74) is 2.43. The van der Waals surface area contributed by atoms with Gasteiger partial charge in [-0.15, -0.1) is 0 Å². The molecule has 4 rings (SSSR count). The maximum absolute atomic E-state index is 11.3. The van der Waals surface area contributed by atoms with Gasteiger partial charge in [0.25, 0.3) is 0 Å². The third-order valence-corrected chi connectivity index (χ3v) is 11.0. The Labute approximate surface area is 187 Å². The molecule has 172 valence electrons. The lowest BCUT2D eigenvalue weighted by atomic mass is 9.44. The molecule has 0 aromatic carbocycles. The highest BCUT2D eigenvalue weighted by Gasteiger charge is 2.62.